The number of rotatable bonds is 1. The van der Waals surface area contributed by atoms with Gasteiger partial charge < -0.3 is 9.47 Å². The maximum Gasteiger partial charge on any atom is 0.308 e. The third-order valence-electron chi connectivity index (χ3n) is 7.74. The Labute approximate surface area is 143 Å². The van der Waals surface area contributed by atoms with Gasteiger partial charge in [0, 0.05) is 12.3 Å². The van der Waals surface area contributed by atoms with Gasteiger partial charge in [0.15, 0.2) is 0 Å². The molecule has 0 radical (unpaired) electrons. The average molecular weight is 326 g/mol. The highest BCUT2D eigenvalue weighted by atomic mass is 16.6. The van der Waals surface area contributed by atoms with E-state index in [-0.39, 0.29) is 11.6 Å². The first-order valence-corrected chi connectivity index (χ1v) is 9.48. The largest absolute Gasteiger partial charge is 0.427 e. The zero-order chi connectivity index (χ0) is 16.5. The molecule has 1 heterocycles. The molecular formula is C21H26O3. The number of epoxide rings is 1. The Balaban J connectivity index is 1.46. The highest BCUT2D eigenvalue weighted by Crippen LogP contribution is 2.68. The number of fused-ring (bicyclic) bond motifs is 6. The number of benzene rings is 1. The van der Waals surface area contributed by atoms with E-state index in [0.717, 1.165) is 24.9 Å². The predicted octanol–water partition coefficient (Wildman–Crippen LogP) is 4.24. The highest BCUT2D eigenvalue weighted by molar-refractivity contribution is 5.69. The van der Waals surface area contributed by atoms with Crippen molar-refractivity contribution in [1.29, 1.82) is 0 Å². The molecule has 0 aromatic heterocycles. The smallest absolute Gasteiger partial charge is 0.308 e. The molecule has 24 heavy (non-hydrogen) atoms. The van der Waals surface area contributed by atoms with E-state index in [2.05, 4.69) is 19.1 Å². The Morgan fingerprint density at radius 2 is 2.08 bits per heavy atom. The molecule has 128 valence electrons. The third kappa shape index (κ3) is 1.91. The summed E-state index contributed by atoms with van der Waals surface area (Å²) in [6.45, 7) is 4.97. The Morgan fingerprint density at radius 3 is 2.83 bits per heavy atom. The molecule has 0 bridgehead atoms. The molecule has 0 N–H and O–H groups in total. The van der Waals surface area contributed by atoms with Crippen LogP contribution in [-0.4, -0.2) is 18.2 Å². The van der Waals surface area contributed by atoms with Gasteiger partial charge >= 0.3 is 5.97 Å². The van der Waals surface area contributed by atoms with Crippen molar-refractivity contribution >= 4 is 5.97 Å². The summed E-state index contributed by atoms with van der Waals surface area (Å²) >= 11 is 0. The molecule has 3 aliphatic carbocycles. The maximum absolute atomic E-state index is 11.2. The van der Waals surface area contributed by atoms with Crippen molar-refractivity contribution in [2.75, 3.05) is 6.61 Å². The van der Waals surface area contributed by atoms with Crippen molar-refractivity contribution < 1.29 is 14.3 Å². The SMILES string of the molecule is CC(=O)Oc1ccc2c(c1)CC[C@@H]1[C@H]3CC[C@@]4(CO4)[C@]3(C)CC[C@@H]21. The highest BCUT2D eigenvalue weighted by Gasteiger charge is 2.68. The lowest BCUT2D eigenvalue weighted by atomic mass is 9.54. The van der Waals surface area contributed by atoms with Gasteiger partial charge in [0.1, 0.15) is 5.75 Å². The zero-order valence-electron chi connectivity index (χ0n) is 14.6. The molecule has 5 rings (SSSR count). The summed E-state index contributed by atoms with van der Waals surface area (Å²) in [7, 11) is 0. The average Bonchev–Trinajstić information content (AvgIpc) is 3.28. The lowest BCUT2D eigenvalue weighted by Crippen LogP contribution is -2.45. The van der Waals surface area contributed by atoms with Crippen molar-refractivity contribution in [3.8, 4) is 5.75 Å². The minimum atomic E-state index is -0.238. The first kappa shape index (κ1) is 14.9. The number of ether oxygens (including phenoxy) is 2. The molecule has 3 heteroatoms. The number of aryl methyl sites for hydroxylation is 1. The Bertz CT molecular complexity index is 705. The number of esters is 1. The Morgan fingerprint density at radius 1 is 1.25 bits per heavy atom. The number of carbonyl (C=O) groups excluding carboxylic acids is 1. The molecule has 3 fully saturated rings. The van der Waals surface area contributed by atoms with Crippen molar-refractivity contribution in [3.63, 3.8) is 0 Å². The summed E-state index contributed by atoms with van der Waals surface area (Å²) in [6, 6.07) is 6.31. The topological polar surface area (TPSA) is 38.8 Å². The second-order valence-electron chi connectivity index (χ2n) is 8.65. The quantitative estimate of drug-likeness (QED) is 0.440. The monoisotopic (exact) mass is 326 g/mol. The first-order chi connectivity index (χ1) is 11.5. The molecule has 0 amide bonds. The van der Waals surface area contributed by atoms with Gasteiger partial charge in [-0.25, -0.2) is 0 Å². The normalized spacial score (nSPS) is 42.2. The second-order valence-corrected chi connectivity index (χ2v) is 8.65. The van der Waals surface area contributed by atoms with Crippen LogP contribution < -0.4 is 4.74 Å². The molecule has 1 aromatic carbocycles. The lowest BCUT2D eigenvalue weighted by Gasteiger charge is -2.50. The molecule has 5 atom stereocenters. The van der Waals surface area contributed by atoms with Gasteiger partial charge in [-0.05, 0) is 79.5 Å². The van der Waals surface area contributed by atoms with Gasteiger partial charge in [0.25, 0.3) is 0 Å². The molecule has 3 nitrogen and oxygen atoms in total. The van der Waals surface area contributed by atoms with E-state index in [0.29, 0.717) is 17.1 Å². The third-order valence-corrected chi connectivity index (χ3v) is 7.74. The molecule has 1 aliphatic heterocycles. The van der Waals surface area contributed by atoms with Gasteiger partial charge in [-0.1, -0.05) is 13.0 Å². The zero-order valence-corrected chi connectivity index (χ0v) is 14.6. The van der Waals surface area contributed by atoms with Gasteiger partial charge in [0.2, 0.25) is 0 Å². The van der Waals surface area contributed by atoms with Crippen molar-refractivity contribution in [1.82, 2.24) is 0 Å². The standard InChI is InChI=1S/C21H26O3/c1-13(22)24-15-4-6-16-14(11-15)3-5-18-17(16)7-9-20(2)19(18)8-10-21(20)12-23-21/h4,6,11,17-19H,3,5,7-10,12H2,1-2H3/t17-,18-,19+,20+,21+/m0/s1. The van der Waals surface area contributed by atoms with Gasteiger partial charge in [-0.15, -0.1) is 0 Å². The molecule has 1 saturated heterocycles. The molecule has 2 saturated carbocycles. The summed E-state index contributed by atoms with van der Waals surface area (Å²) in [6.07, 6.45) is 7.59. The minimum Gasteiger partial charge on any atom is -0.427 e. The van der Waals surface area contributed by atoms with Crippen LogP contribution >= 0.6 is 0 Å². The lowest BCUT2D eigenvalue weighted by molar-refractivity contribution is -0.131. The second kappa shape index (κ2) is 4.85. The van der Waals surface area contributed by atoms with Crippen LogP contribution in [0.25, 0.3) is 0 Å². The summed E-state index contributed by atoms with van der Waals surface area (Å²) in [5.74, 6) is 2.77. The summed E-state index contributed by atoms with van der Waals surface area (Å²) in [4.78, 5) is 11.2. The summed E-state index contributed by atoms with van der Waals surface area (Å²) in [5, 5.41) is 0. The fourth-order valence-electron chi connectivity index (χ4n) is 6.44. The van der Waals surface area contributed by atoms with Crippen LogP contribution in [0.15, 0.2) is 18.2 Å². The molecule has 4 aliphatic rings. The van der Waals surface area contributed by atoms with Crippen molar-refractivity contribution in [2.45, 2.75) is 63.9 Å². The fraction of sp³-hybridized carbons (Fsp3) is 0.667. The first-order valence-electron chi connectivity index (χ1n) is 9.48. The van der Waals surface area contributed by atoms with E-state index in [1.165, 1.54) is 50.2 Å². The van der Waals surface area contributed by atoms with Gasteiger partial charge in [-0.3, -0.25) is 4.79 Å². The van der Waals surface area contributed by atoms with E-state index in [1.807, 2.05) is 6.07 Å². The van der Waals surface area contributed by atoms with Crippen LogP contribution in [0.2, 0.25) is 0 Å². The van der Waals surface area contributed by atoms with Crippen LogP contribution in [0.1, 0.15) is 63.0 Å². The number of carbonyl (C=O) groups is 1. The van der Waals surface area contributed by atoms with E-state index in [4.69, 9.17) is 9.47 Å². The molecular weight excluding hydrogens is 300 g/mol. The summed E-state index contributed by atoms with van der Waals surface area (Å²) in [5.41, 5.74) is 3.56. The number of hydrogen-bond donors (Lipinski definition) is 0. The van der Waals surface area contributed by atoms with E-state index >= 15 is 0 Å². The van der Waals surface area contributed by atoms with Gasteiger partial charge in [-0.2, -0.15) is 0 Å². The van der Waals surface area contributed by atoms with Crippen molar-refractivity contribution in [3.05, 3.63) is 29.3 Å². The van der Waals surface area contributed by atoms with Crippen LogP contribution in [0.5, 0.6) is 5.75 Å². The minimum absolute atomic E-state index is 0.238. The Kier molecular flexibility index (Phi) is 3.02. The fourth-order valence-corrected chi connectivity index (χ4v) is 6.44. The number of hydrogen-bond acceptors (Lipinski definition) is 3. The Hall–Kier alpha value is -1.35. The van der Waals surface area contributed by atoms with Crippen LogP contribution in [0, 0.1) is 17.3 Å². The summed E-state index contributed by atoms with van der Waals surface area (Å²) < 4.78 is 11.3. The molecule has 1 aromatic rings. The van der Waals surface area contributed by atoms with Crippen LogP contribution in [-0.2, 0) is 16.0 Å². The molecule has 0 unspecified atom stereocenters. The van der Waals surface area contributed by atoms with Crippen molar-refractivity contribution in [2.24, 2.45) is 17.3 Å². The van der Waals surface area contributed by atoms with E-state index in [1.54, 1.807) is 0 Å². The predicted molar refractivity (Wildman–Crippen MR) is 91.1 cm³/mol. The maximum atomic E-state index is 11.2. The van der Waals surface area contributed by atoms with Gasteiger partial charge in [0.05, 0.1) is 12.2 Å². The van der Waals surface area contributed by atoms with Crippen LogP contribution in [0.3, 0.4) is 0 Å². The van der Waals surface area contributed by atoms with E-state index < -0.39 is 0 Å². The molecule has 1 spiro atoms. The van der Waals surface area contributed by atoms with E-state index in [9.17, 15) is 4.79 Å². The van der Waals surface area contributed by atoms with Crippen LogP contribution in [0.4, 0.5) is 0 Å².